The van der Waals surface area contributed by atoms with Crippen molar-refractivity contribution in [2.24, 2.45) is 0 Å². The van der Waals surface area contributed by atoms with Gasteiger partial charge < -0.3 is 19.0 Å². The lowest BCUT2D eigenvalue weighted by Crippen LogP contribution is -2.43. The fourth-order valence-electron chi connectivity index (χ4n) is 1.88. The summed E-state index contributed by atoms with van der Waals surface area (Å²) in [7, 11) is 0.891. The van der Waals surface area contributed by atoms with Gasteiger partial charge in [0, 0.05) is 12.1 Å². The molecule has 1 aromatic carbocycles. The molecule has 0 unspecified atom stereocenters. The maximum absolute atomic E-state index is 12.4. The molecule has 1 aromatic rings. The van der Waals surface area contributed by atoms with E-state index in [2.05, 4.69) is 33.9 Å². The number of methoxy groups -OCH3 is 2. The number of hydrogen-bond acceptors (Lipinski definition) is 6. The number of rotatable bonds is 7. The molecule has 0 spiro atoms. The number of phenols is 1. The van der Waals surface area contributed by atoms with Gasteiger partial charge in [-0.25, -0.2) is 5.06 Å². The largest absolute Gasteiger partial charge is 0.507 e. The molecule has 0 heterocycles. The van der Waals surface area contributed by atoms with E-state index in [1.165, 1.54) is 26.4 Å². The fraction of sp³-hybridized carbons (Fsp3) is 0.588. The van der Waals surface area contributed by atoms with Crippen LogP contribution in [0.15, 0.2) is 12.1 Å². The van der Waals surface area contributed by atoms with E-state index < -0.39 is 14.2 Å². The molecule has 1 rings (SSSR count). The molecule has 0 saturated heterocycles. The Morgan fingerprint density at radius 3 is 2.16 bits per heavy atom. The Hall–Kier alpha value is -1.77. The molecular formula is C17H29NO6Si. The van der Waals surface area contributed by atoms with Gasteiger partial charge in [-0.05, 0) is 18.1 Å². The summed E-state index contributed by atoms with van der Waals surface area (Å²) in [4.78, 5) is 12.4. The van der Waals surface area contributed by atoms with Crippen LogP contribution in [0.2, 0.25) is 18.1 Å². The molecule has 0 aromatic heterocycles. The van der Waals surface area contributed by atoms with Crippen molar-refractivity contribution in [3.8, 4) is 17.2 Å². The average molecular weight is 372 g/mol. The lowest BCUT2D eigenvalue weighted by molar-refractivity contribution is -0.0645. The highest BCUT2D eigenvalue weighted by atomic mass is 28.4. The molecule has 0 bridgehead atoms. The van der Waals surface area contributed by atoms with Gasteiger partial charge in [-0.1, -0.05) is 20.8 Å². The number of benzene rings is 1. The number of amides is 1. The highest BCUT2D eigenvalue weighted by Crippen LogP contribution is 2.36. The molecule has 0 fully saturated rings. The van der Waals surface area contributed by atoms with E-state index in [4.69, 9.17) is 13.9 Å². The van der Waals surface area contributed by atoms with E-state index >= 15 is 0 Å². The summed E-state index contributed by atoms with van der Waals surface area (Å²) < 4.78 is 16.1. The molecule has 142 valence electrons. The van der Waals surface area contributed by atoms with Crippen LogP contribution in [-0.2, 0) is 4.43 Å². The van der Waals surface area contributed by atoms with Gasteiger partial charge in [-0.3, -0.25) is 10.0 Å². The normalized spacial score (nSPS) is 12.0. The van der Waals surface area contributed by atoms with Gasteiger partial charge in [-0.2, -0.15) is 0 Å². The van der Waals surface area contributed by atoms with E-state index in [9.17, 15) is 15.1 Å². The number of hydroxylamine groups is 2. The first-order valence-corrected chi connectivity index (χ1v) is 10.9. The zero-order valence-corrected chi connectivity index (χ0v) is 17.0. The van der Waals surface area contributed by atoms with Crippen molar-refractivity contribution >= 4 is 14.2 Å². The molecule has 0 radical (unpaired) electrons. The van der Waals surface area contributed by atoms with Gasteiger partial charge >= 0.3 is 0 Å². The van der Waals surface area contributed by atoms with Crippen molar-refractivity contribution in [3.63, 3.8) is 0 Å². The van der Waals surface area contributed by atoms with Gasteiger partial charge in [0.15, 0.2) is 19.8 Å². The Bertz CT molecular complexity index is 612. The third-order valence-electron chi connectivity index (χ3n) is 4.54. The number of nitrogens with zero attached hydrogens (tertiary/aromatic N) is 1. The minimum atomic E-state index is -1.96. The quantitative estimate of drug-likeness (QED) is 0.434. The molecule has 25 heavy (non-hydrogen) atoms. The summed E-state index contributed by atoms with van der Waals surface area (Å²) >= 11 is 0. The zero-order valence-electron chi connectivity index (χ0n) is 16.0. The summed E-state index contributed by atoms with van der Waals surface area (Å²) in [6.07, 6.45) is 0. The first kappa shape index (κ1) is 21.3. The van der Waals surface area contributed by atoms with Gasteiger partial charge in [0.25, 0.3) is 5.91 Å². The zero-order chi connectivity index (χ0) is 19.4. The van der Waals surface area contributed by atoms with Crippen LogP contribution in [0, 0.1) is 0 Å². The van der Waals surface area contributed by atoms with Crippen LogP contribution in [0.25, 0.3) is 0 Å². The number of carbonyl (C=O) groups is 1. The van der Waals surface area contributed by atoms with Crippen LogP contribution < -0.4 is 9.47 Å². The molecular weight excluding hydrogens is 342 g/mol. The van der Waals surface area contributed by atoms with Crippen molar-refractivity contribution in [3.05, 3.63) is 17.7 Å². The van der Waals surface area contributed by atoms with E-state index in [1.807, 2.05) is 0 Å². The number of hydrogen-bond donors (Lipinski definition) is 2. The van der Waals surface area contributed by atoms with Crippen LogP contribution in [0.4, 0.5) is 0 Å². The number of carbonyl (C=O) groups excluding carboxylic acids is 1. The van der Waals surface area contributed by atoms with Crippen molar-refractivity contribution in [2.75, 3.05) is 27.4 Å². The summed E-state index contributed by atoms with van der Waals surface area (Å²) in [5.41, 5.74) is -0.0764. The van der Waals surface area contributed by atoms with Crippen molar-refractivity contribution in [1.29, 1.82) is 0 Å². The fourth-order valence-corrected chi connectivity index (χ4v) is 2.92. The molecule has 0 atom stereocenters. The summed E-state index contributed by atoms with van der Waals surface area (Å²) in [5, 5.41) is 20.6. The Morgan fingerprint density at radius 2 is 1.68 bits per heavy atom. The third kappa shape index (κ3) is 5.10. The number of ether oxygens (including phenoxy) is 2. The van der Waals surface area contributed by atoms with Crippen molar-refractivity contribution < 1.29 is 29.0 Å². The van der Waals surface area contributed by atoms with Gasteiger partial charge in [0.05, 0.1) is 32.9 Å². The van der Waals surface area contributed by atoms with Gasteiger partial charge in [-0.15, -0.1) is 0 Å². The van der Waals surface area contributed by atoms with Crippen molar-refractivity contribution in [1.82, 2.24) is 5.06 Å². The van der Waals surface area contributed by atoms with Gasteiger partial charge in [0.1, 0.15) is 5.75 Å². The number of phenolic OH excluding ortho intramolecular Hbond substituents is 1. The lowest BCUT2D eigenvalue weighted by Gasteiger charge is -2.36. The molecule has 0 aliphatic rings. The monoisotopic (exact) mass is 371 g/mol. The molecule has 0 aliphatic heterocycles. The maximum atomic E-state index is 12.4. The smallest absolute Gasteiger partial charge is 0.281 e. The third-order valence-corrected chi connectivity index (χ3v) is 9.08. The van der Waals surface area contributed by atoms with E-state index in [0.717, 1.165) is 0 Å². The van der Waals surface area contributed by atoms with Crippen LogP contribution in [0.3, 0.4) is 0 Å². The topological polar surface area (TPSA) is 88.5 Å². The highest BCUT2D eigenvalue weighted by Gasteiger charge is 2.37. The minimum absolute atomic E-state index is 0.000865. The average Bonchev–Trinajstić information content (AvgIpc) is 2.52. The minimum Gasteiger partial charge on any atom is -0.507 e. The Labute approximate surface area is 150 Å². The second-order valence-corrected chi connectivity index (χ2v) is 12.1. The second kappa shape index (κ2) is 8.07. The Morgan fingerprint density at radius 1 is 1.16 bits per heavy atom. The Balaban J connectivity index is 2.81. The van der Waals surface area contributed by atoms with Crippen molar-refractivity contribution in [2.45, 2.75) is 38.9 Å². The lowest BCUT2D eigenvalue weighted by atomic mass is 10.1. The molecule has 0 saturated carbocycles. The van der Waals surface area contributed by atoms with Crippen LogP contribution in [0.1, 0.15) is 31.1 Å². The first-order chi connectivity index (χ1) is 11.4. The SMILES string of the molecule is COc1cc(O)c(C(=O)N(O)CCO[Si](C)(C)C(C)(C)C)cc1OC. The standard InChI is InChI=1S/C17H29NO6Si/c1-17(2,3)25(6,7)24-9-8-18(21)16(20)12-10-14(22-4)15(23-5)11-13(12)19/h10-11,19,21H,8-9H2,1-7H3. The summed E-state index contributed by atoms with van der Waals surface area (Å²) in [5.74, 6) is -0.457. The van der Waals surface area contributed by atoms with Crippen LogP contribution in [0.5, 0.6) is 17.2 Å². The van der Waals surface area contributed by atoms with E-state index in [1.54, 1.807) is 0 Å². The molecule has 1 amide bonds. The molecule has 7 nitrogen and oxygen atoms in total. The molecule has 2 N–H and O–H groups in total. The molecule has 8 heteroatoms. The van der Waals surface area contributed by atoms with E-state index in [0.29, 0.717) is 10.8 Å². The first-order valence-electron chi connectivity index (χ1n) is 8.04. The maximum Gasteiger partial charge on any atom is 0.281 e. The number of aromatic hydroxyl groups is 1. The van der Waals surface area contributed by atoms with Gasteiger partial charge in [0.2, 0.25) is 0 Å². The van der Waals surface area contributed by atoms with E-state index in [-0.39, 0.29) is 35.3 Å². The predicted octanol–water partition coefficient (Wildman–Crippen LogP) is 3.26. The summed E-state index contributed by atoms with van der Waals surface area (Å²) in [6, 6.07) is 2.60. The van der Waals surface area contributed by atoms with Crippen LogP contribution in [-0.4, -0.2) is 57.0 Å². The van der Waals surface area contributed by atoms with Crippen LogP contribution >= 0.6 is 0 Å². The predicted molar refractivity (Wildman–Crippen MR) is 97.2 cm³/mol. The molecule has 0 aliphatic carbocycles. The summed E-state index contributed by atoms with van der Waals surface area (Å²) in [6.45, 7) is 10.7. The Kier molecular flexibility index (Phi) is 6.87. The second-order valence-electron chi connectivity index (χ2n) is 7.26. The highest BCUT2D eigenvalue weighted by molar-refractivity contribution is 6.74.